The van der Waals surface area contributed by atoms with Crippen molar-refractivity contribution in [1.29, 1.82) is 0 Å². The maximum atomic E-state index is 13.7. The van der Waals surface area contributed by atoms with Gasteiger partial charge in [-0.25, -0.2) is 4.98 Å². The lowest BCUT2D eigenvalue weighted by molar-refractivity contribution is -0.130. The number of nitrogens with zero attached hydrogens (tertiary/aromatic N) is 2. The van der Waals surface area contributed by atoms with Crippen LogP contribution < -0.4 is 10.5 Å². The van der Waals surface area contributed by atoms with Crippen LogP contribution in [-0.4, -0.2) is 33.7 Å². The van der Waals surface area contributed by atoms with E-state index in [2.05, 4.69) is 9.97 Å². The maximum Gasteiger partial charge on any atom is 0.275 e. The molecular weight excluding hydrogens is 502 g/mol. The molecule has 7 nitrogen and oxygen atoms in total. The molecule has 0 amide bonds. The number of aliphatic hydroxyl groups excluding tert-OH is 1. The predicted octanol–water partition coefficient (Wildman–Crippen LogP) is 5.45. The monoisotopic (exact) mass is 525 g/mol. The highest BCUT2D eigenvalue weighted by molar-refractivity contribution is 6.58. The number of benzene rings is 3. The zero-order chi connectivity index (χ0) is 27.2. The smallest absolute Gasteiger partial charge is 0.275 e. The Labute approximate surface area is 223 Å². The third-order valence-corrected chi connectivity index (χ3v) is 7.10. The maximum absolute atomic E-state index is 13.7. The second-order valence-electron chi connectivity index (χ2n) is 9.59. The molecule has 5 rings (SSSR count). The molecule has 0 unspecified atom stereocenters. The Morgan fingerprint density at radius 1 is 1.00 bits per heavy atom. The molecule has 2 N–H and O–H groups in total. The standard InChI is InChI=1S/C30H24ClN3O4/c1-30(2)19-8-4-7-11-22(19)34(3)24(30)16-23(35)28(37)25(27(36)17-12-14-18(31)15-13-17)26-29(38)33-21-10-6-5-9-20(21)32-26/h4-16,36H,1-3H3,(H,33,38)/b24-16?,27-25+. The van der Waals surface area contributed by atoms with Crippen LogP contribution >= 0.6 is 11.6 Å². The van der Waals surface area contributed by atoms with E-state index >= 15 is 0 Å². The molecule has 0 atom stereocenters. The van der Waals surface area contributed by atoms with Crippen molar-refractivity contribution in [1.82, 2.24) is 9.97 Å². The summed E-state index contributed by atoms with van der Waals surface area (Å²) in [5.41, 5.74) is 1.51. The van der Waals surface area contributed by atoms with Gasteiger partial charge in [0.05, 0.1) is 16.6 Å². The highest BCUT2D eigenvalue weighted by atomic mass is 35.5. The first-order valence-electron chi connectivity index (χ1n) is 11.9. The lowest BCUT2D eigenvalue weighted by Crippen LogP contribution is -2.27. The normalized spacial score (nSPS) is 15.9. The van der Waals surface area contributed by atoms with Crippen molar-refractivity contribution in [2.45, 2.75) is 19.3 Å². The van der Waals surface area contributed by atoms with Crippen LogP contribution in [0.15, 0.2) is 89.4 Å². The van der Waals surface area contributed by atoms with Gasteiger partial charge in [0.25, 0.3) is 5.56 Å². The minimum atomic E-state index is -1.06. The van der Waals surface area contributed by atoms with E-state index < -0.39 is 33.9 Å². The summed E-state index contributed by atoms with van der Waals surface area (Å²) in [4.78, 5) is 49.2. The van der Waals surface area contributed by atoms with Gasteiger partial charge in [0.15, 0.2) is 0 Å². The molecule has 4 aromatic rings. The molecule has 0 aliphatic carbocycles. The first-order chi connectivity index (χ1) is 18.1. The Hall–Kier alpha value is -4.49. The zero-order valence-electron chi connectivity index (χ0n) is 20.9. The number of allylic oxidation sites excluding steroid dienone is 3. The predicted molar refractivity (Wildman–Crippen MR) is 149 cm³/mol. The van der Waals surface area contributed by atoms with Crippen LogP contribution in [0.3, 0.4) is 0 Å². The second kappa shape index (κ2) is 9.43. The Bertz CT molecular complexity index is 1730. The van der Waals surface area contributed by atoms with Gasteiger partial charge in [-0.2, -0.15) is 0 Å². The number of hydrogen-bond donors (Lipinski definition) is 2. The quantitative estimate of drug-likeness (QED) is 0.204. The van der Waals surface area contributed by atoms with E-state index in [1.54, 1.807) is 24.3 Å². The molecule has 0 saturated carbocycles. The van der Waals surface area contributed by atoms with Crippen molar-refractivity contribution < 1.29 is 14.7 Å². The summed E-state index contributed by atoms with van der Waals surface area (Å²) in [6.45, 7) is 3.94. The molecule has 38 heavy (non-hydrogen) atoms. The number of Topliss-reactive ketones (excluding diaryl/α,β-unsaturated/α-hetero) is 1. The first-order valence-corrected chi connectivity index (χ1v) is 12.3. The molecule has 1 aromatic heterocycles. The molecule has 2 heterocycles. The second-order valence-corrected chi connectivity index (χ2v) is 10.0. The number of hydrogen-bond acceptors (Lipinski definition) is 6. The number of carbonyl (C=O) groups is 2. The van der Waals surface area contributed by atoms with Crippen molar-refractivity contribution >= 4 is 51.2 Å². The van der Waals surface area contributed by atoms with Crippen LogP contribution in [0.25, 0.3) is 22.4 Å². The molecule has 0 fully saturated rings. The van der Waals surface area contributed by atoms with Gasteiger partial charge in [-0.15, -0.1) is 0 Å². The number of fused-ring (bicyclic) bond motifs is 2. The van der Waals surface area contributed by atoms with Crippen LogP contribution in [-0.2, 0) is 15.0 Å². The molecule has 0 saturated heterocycles. The molecular formula is C30H24ClN3O4. The van der Waals surface area contributed by atoms with E-state index in [9.17, 15) is 19.5 Å². The van der Waals surface area contributed by atoms with Crippen molar-refractivity contribution in [3.63, 3.8) is 0 Å². The number of aliphatic hydroxyl groups is 1. The zero-order valence-corrected chi connectivity index (χ0v) is 21.7. The molecule has 8 heteroatoms. The molecule has 190 valence electrons. The molecule has 1 aliphatic rings. The van der Waals surface area contributed by atoms with Gasteiger partial charge in [-0.05, 0) is 48.0 Å². The number of halogens is 1. The number of aromatic amines is 1. The average Bonchev–Trinajstić information content (AvgIpc) is 3.10. The molecule has 0 spiro atoms. The molecule has 1 aliphatic heterocycles. The van der Waals surface area contributed by atoms with E-state index in [-0.39, 0.29) is 11.3 Å². The van der Waals surface area contributed by atoms with Gasteiger partial charge in [0.1, 0.15) is 11.5 Å². The fraction of sp³-hybridized carbons (Fsp3) is 0.133. The average molecular weight is 526 g/mol. The van der Waals surface area contributed by atoms with E-state index in [0.29, 0.717) is 21.8 Å². The van der Waals surface area contributed by atoms with E-state index in [1.807, 2.05) is 50.1 Å². The van der Waals surface area contributed by atoms with Crippen LogP contribution in [0, 0.1) is 0 Å². The highest BCUT2D eigenvalue weighted by Gasteiger charge is 2.39. The highest BCUT2D eigenvalue weighted by Crippen LogP contribution is 2.46. The number of nitrogens with one attached hydrogen (secondary N) is 1. The third kappa shape index (κ3) is 4.21. The van der Waals surface area contributed by atoms with E-state index in [0.717, 1.165) is 11.3 Å². The Kier molecular flexibility index (Phi) is 6.25. The Morgan fingerprint density at radius 2 is 1.66 bits per heavy atom. The van der Waals surface area contributed by atoms with Gasteiger partial charge in [0, 0.05) is 40.5 Å². The molecule has 3 aromatic carbocycles. The SMILES string of the molecule is CN1C(=CC(=O)C(=O)/C(=C(/O)c2ccc(Cl)cc2)c2nc3ccccc3[nH]c2=O)C(C)(C)c2ccccc21. The number of H-pyrrole nitrogens is 1. The minimum Gasteiger partial charge on any atom is -0.506 e. The summed E-state index contributed by atoms with van der Waals surface area (Å²) in [6, 6.07) is 20.6. The number of para-hydroxylation sites is 3. The number of ketones is 2. The lowest BCUT2D eigenvalue weighted by Gasteiger charge is -2.23. The van der Waals surface area contributed by atoms with Crippen LogP contribution in [0.2, 0.25) is 5.02 Å². The fourth-order valence-electron chi connectivity index (χ4n) is 4.85. The van der Waals surface area contributed by atoms with E-state index in [1.165, 1.54) is 30.3 Å². The summed E-state index contributed by atoms with van der Waals surface area (Å²) in [7, 11) is 1.83. The summed E-state index contributed by atoms with van der Waals surface area (Å²) in [5.74, 6) is -2.50. The summed E-state index contributed by atoms with van der Waals surface area (Å²) in [6.07, 6.45) is 1.27. The van der Waals surface area contributed by atoms with Crippen molar-refractivity contribution in [3.05, 3.63) is 117 Å². The summed E-state index contributed by atoms with van der Waals surface area (Å²) >= 11 is 5.99. The molecule has 0 bridgehead atoms. The van der Waals surface area contributed by atoms with E-state index in [4.69, 9.17) is 11.6 Å². The van der Waals surface area contributed by atoms with Gasteiger partial charge in [-0.3, -0.25) is 14.4 Å². The number of anilines is 1. The third-order valence-electron chi connectivity index (χ3n) is 6.85. The number of likely N-dealkylation sites (N-methyl/N-ethyl adjacent to an activating group) is 1. The van der Waals surface area contributed by atoms with Crippen molar-refractivity contribution in [2.24, 2.45) is 0 Å². The minimum absolute atomic E-state index is 0.207. The Morgan fingerprint density at radius 3 is 2.37 bits per heavy atom. The van der Waals surface area contributed by atoms with Gasteiger partial charge in [0.2, 0.25) is 11.6 Å². The van der Waals surface area contributed by atoms with Gasteiger partial charge in [-0.1, -0.05) is 55.8 Å². The lowest BCUT2D eigenvalue weighted by atomic mass is 9.83. The van der Waals surface area contributed by atoms with Gasteiger partial charge >= 0.3 is 0 Å². The topological polar surface area (TPSA) is 103 Å². The number of rotatable bonds is 5. The largest absolute Gasteiger partial charge is 0.506 e. The van der Waals surface area contributed by atoms with Crippen molar-refractivity contribution in [3.8, 4) is 0 Å². The van der Waals surface area contributed by atoms with Gasteiger partial charge < -0.3 is 15.0 Å². The van der Waals surface area contributed by atoms with Crippen LogP contribution in [0.5, 0.6) is 0 Å². The van der Waals surface area contributed by atoms with Crippen LogP contribution in [0.4, 0.5) is 5.69 Å². The molecule has 0 radical (unpaired) electrons. The summed E-state index contributed by atoms with van der Waals surface area (Å²) in [5, 5.41) is 11.7. The summed E-state index contributed by atoms with van der Waals surface area (Å²) < 4.78 is 0. The number of aromatic nitrogens is 2. The fourth-order valence-corrected chi connectivity index (χ4v) is 4.98. The Balaban J connectivity index is 1.66. The first kappa shape index (κ1) is 25.2. The number of carbonyl (C=O) groups excluding carboxylic acids is 2. The van der Waals surface area contributed by atoms with Crippen LogP contribution in [0.1, 0.15) is 30.7 Å². The van der Waals surface area contributed by atoms with Crippen molar-refractivity contribution in [2.75, 3.05) is 11.9 Å².